The Balaban J connectivity index is 1.19. The number of carbonyl (C=O) groups is 1. The minimum atomic E-state index is 0.0918. The molecule has 0 aliphatic carbocycles. The highest BCUT2D eigenvalue weighted by Crippen LogP contribution is 2.35. The third-order valence-corrected chi connectivity index (χ3v) is 8.06. The Morgan fingerprint density at radius 2 is 1.75 bits per heavy atom. The number of aromatic nitrogens is 3. The minimum Gasteiger partial charge on any atom is -0.356 e. The van der Waals surface area contributed by atoms with Crippen molar-refractivity contribution in [1.82, 2.24) is 19.9 Å². The van der Waals surface area contributed by atoms with Gasteiger partial charge in [0, 0.05) is 56.3 Å². The lowest BCUT2D eigenvalue weighted by molar-refractivity contribution is -0.136. The molecule has 1 amide bonds. The first-order valence-corrected chi connectivity index (χ1v) is 12.3. The molecule has 168 valence electrons. The van der Waals surface area contributed by atoms with E-state index in [1.807, 2.05) is 17.0 Å². The summed E-state index contributed by atoms with van der Waals surface area (Å²) in [6.07, 6.45) is 5.07. The molecule has 0 saturated carbocycles. The number of halogens is 1. The largest absolute Gasteiger partial charge is 0.356 e. The van der Waals surface area contributed by atoms with Gasteiger partial charge in [0.2, 0.25) is 5.91 Å². The lowest BCUT2D eigenvalue weighted by atomic mass is 9.94. The molecule has 3 aromatic rings. The lowest BCUT2D eigenvalue weighted by Gasteiger charge is -2.39. The van der Waals surface area contributed by atoms with Gasteiger partial charge in [-0.1, -0.05) is 11.6 Å². The van der Waals surface area contributed by atoms with Gasteiger partial charge in [0.05, 0.1) is 10.4 Å². The zero-order valence-electron chi connectivity index (χ0n) is 18.4. The van der Waals surface area contributed by atoms with E-state index in [4.69, 9.17) is 11.6 Å². The molecule has 3 aromatic heterocycles. The van der Waals surface area contributed by atoms with Gasteiger partial charge in [-0.25, -0.2) is 15.0 Å². The number of carbonyl (C=O) groups excluding carboxylic acids is 1. The van der Waals surface area contributed by atoms with Crippen molar-refractivity contribution in [1.29, 1.82) is 0 Å². The first-order valence-electron chi connectivity index (χ1n) is 11.1. The van der Waals surface area contributed by atoms with Crippen LogP contribution in [-0.4, -0.2) is 65.0 Å². The highest BCUT2D eigenvalue weighted by Gasteiger charge is 2.31. The third kappa shape index (κ3) is 4.01. The summed E-state index contributed by atoms with van der Waals surface area (Å²) in [5, 5.41) is 1.81. The number of fused-ring (bicyclic) bond motifs is 1. The minimum absolute atomic E-state index is 0.0918. The highest BCUT2D eigenvalue weighted by atomic mass is 35.5. The molecule has 0 aromatic carbocycles. The molecule has 2 aliphatic heterocycles. The molecule has 2 saturated heterocycles. The van der Waals surface area contributed by atoms with Crippen LogP contribution < -0.4 is 9.80 Å². The zero-order chi connectivity index (χ0) is 22.2. The first kappa shape index (κ1) is 21.4. The summed E-state index contributed by atoms with van der Waals surface area (Å²) < 4.78 is 0. The maximum atomic E-state index is 13.2. The summed E-state index contributed by atoms with van der Waals surface area (Å²) >= 11 is 7.67. The molecule has 0 radical (unpaired) electrons. The Morgan fingerprint density at radius 1 is 1.00 bits per heavy atom. The van der Waals surface area contributed by atoms with E-state index in [9.17, 15) is 4.79 Å². The number of thiophene rings is 1. The number of piperazine rings is 1. The van der Waals surface area contributed by atoms with E-state index in [1.165, 1.54) is 15.8 Å². The zero-order valence-corrected chi connectivity index (χ0v) is 20.0. The van der Waals surface area contributed by atoms with E-state index >= 15 is 0 Å². The number of nitrogens with zero attached hydrogens (tertiary/aromatic N) is 6. The molecular formula is C23H27ClN6OS. The van der Waals surface area contributed by atoms with Crippen molar-refractivity contribution >= 4 is 50.7 Å². The smallest absolute Gasteiger partial charge is 0.225 e. The second-order valence-corrected chi connectivity index (χ2v) is 10.2. The van der Waals surface area contributed by atoms with Gasteiger partial charge in [-0.15, -0.1) is 11.3 Å². The molecule has 0 unspecified atom stereocenters. The normalized spacial score (nSPS) is 17.9. The average Bonchev–Trinajstić information content (AvgIpc) is 3.13. The predicted octanol–water partition coefficient (Wildman–Crippen LogP) is 3.92. The van der Waals surface area contributed by atoms with Crippen LogP contribution in [0.4, 0.5) is 11.6 Å². The van der Waals surface area contributed by atoms with Gasteiger partial charge in [0.1, 0.15) is 22.8 Å². The van der Waals surface area contributed by atoms with Gasteiger partial charge in [0.15, 0.2) is 0 Å². The Morgan fingerprint density at radius 3 is 2.44 bits per heavy atom. The lowest BCUT2D eigenvalue weighted by Crippen LogP contribution is -2.52. The van der Waals surface area contributed by atoms with Crippen LogP contribution in [0.1, 0.15) is 23.3 Å². The number of piperidine rings is 1. The molecule has 5 heterocycles. The summed E-state index contributed by atoms with van der Waals surface area (Å²) in [6.45, 7) is 9.07. The maximum Gasteiger partial charge on any atom is 0.225 e. The number of pyridine rings is 1. The van der Waals surface area contributed by atoms with Crippen LogP contribution in [0.5, 0.6) is 0 Å². The van der Waals surface area contributed by atoms with Crippen LogP contribution in [0, 0.1) is 19.8 Å². The van der Waals surface area contributed by atoms with Crippen LogP contribution in [0.2, 0.25) is 5.02 Å². The van der Waals surface area contributed by atoms with Crippen molar-refractivity contribution in [2.24, 2.45) is 5.92 Å². The molecule has 0 spiro atoms. The van der Waals surface area contributed by atoms with Crippen LogP contribution >= 0.6 is 22.9 Å². The SMILES string of the molecule is Cc1sc2ncnc(N3CCC(C(=O)N4CCN(c5ccc(Cl)cn5)CC4)CC3)c2c1C. The van der Waals surface area contributed by atoms with Crippen LogP contribution in [0.3, 0.4) is 0 Å². The molecule has 0 bridgehead atoms. The second-order valence-electron chi connectivity index (χ2n) is 8.57. The van der Waals surface area contributed by atoms with Gasteiger partial charge in [-0.3, -0.25) is 4.79 Å². The van der Waals surface area contributed by atoms with Crippen molar-refractivity contribution in [2.75, 3.05) is 49.1 Å². The van der Waals surface area contributed by atoms with Crippen LogP contribution in [0.15, 0.2) is 24.7 Å². The van der Waals surface area contributed by atoms with E-state index in [0.29, 0.717) is 10.9 Å². The van der Waals surface area contributed by atoms with E-state index < -0.39 is 0 Å². The molecule has 2 fully saturated rings. The number of anilines is 2. The summed E-state index contributed by atoms with van der Waals surface area (Å²) in [4.78, 5) is 35.6. The number of aryl methyl sites for hydroxylation is 2. The fraction of sp³-hybridized carbons (Fsp3) is 0.478. The monoisotopic (exact) mass is 470 g/mol. The molecule has 5 rings (SSSR count). The molecule has 0 N–H and O–H groups in total. The molecule has 7 nitrogen and oxygen atoms in total. The molecule has 32 heavy (non-hydrogen) atoms. The van der Waals surface area contributed by atoms with Gasteiger partial charge < -0.3 is 14.7 Å². The highest BCUT2D eigenvalue weighted by molar-refractivity contribution is 7.18. The number of hydrogen-bond acceptors (Lipinski definition) is 7. The Labute approximate surface area is 197 Å². The average molecular weight is 471 g/mol. The van der Waals surface area contributed by atoms with E-state index in [-0.39, 0.29) is 5.92 Å². The van der Waals surface area contributed by atoms with Crippen molar-refractivity contribution in [3.8, 4) is 0 Å². The summed E-state index contributed by atoms with van der Waals surface area (Å²) in [6, 6.07) is 3.80. The van der Waals surface area contributed by atoms with Crippen LogP contribution in [-0.2, 0) is 4.79 Å². The Kier molecular flexibility index (Phi) is 5.90. The topological polar surface area (TPSA) is 65.5 Å². The van der Waals surface area contributed by atoms with Gasteiger partial charge in [-0.2, -0.15) is 0 Å². The third-order valence-electron chi connectivity index (χ3n) is 6.72. The fourth-order valence-electron chi connectivity index (χ4n) is 4.71. The quantitative estimate of drug-likeness (QED) is 0.578. The van der Waals surface area contributed by atoms with E-state index in [0.717, 1.165) is 68.6 Å². The molecular weight excluding hydrogens is 444 g/mol. The standard InChI is InChI=1S/C23H27ClN6OS/c1-15-16(2)32-22-20(15)21(26-14-27-22)29-7-5-17(6-8-29)23(31)30-11-9-28(10-12-30)19-4-3-18(24)13-25-19/h3-4,13-14,17H,5-12H2,1-2H3. The molecule has 0 atom stereocenters. The van der Waals surface area contributed by atoms with Crippen molar-refractivity contribution in [3.63, 3.8) is 0 Å². The van der Waals surface area contributed by atoms with Crippen molar-refractivity contribution < 1.29 is 4.79 Å². The fourth-order valence-corrected chi connectivity index (χ4v) is 5.81. The summed E-state index contributed by atoms with van der Waals surface area (Å²) in [7, 11) is 0. The van der Waals surface area contributed by atoms with E-state index in [1.54, 1.807) is 23.9 Å². The number of rotatable bonds is 3. The molecule has 9 heteroatoms. The Bertz CT molecular complexity index is 1120. The summed E-state index contributed by atoms with van der Waals surface area (Å²) in [5.74, 6) is 2.33. The summed E-state index contributed by atoms with van der Waals surface area (Å²) in [5.41, 5.74) is 1.27. The van der Waals surface area contributed by atoms with E-state index in [2.05, 4.69) is 38.6 Å². The number of amides is 1. The van der Waals surface area contributed by atoms with Gasteiger partial charge >= 0.3 is 0 Å². The van der Waals surface area contributed by atoms with Crippen molar-refractivity contribution in [3.05, 3.63) is 40.1 Å². The van der Waals surface area contributed by atoms with Crippen molar-refractivity contribution in [2.45, 2.75) is 26.7 Å². The maximum absolute atomic E-state index is 13.2. The second kappa shape index (κ2) is 8.83. The van der Waals surface area contributed by atoms with Gasteiger partial charge in [0.25, 0.3) is 0 Å². The predicted molar refractivity (Wildman–Crippen MR) is 130 cm³/mol. The van der Waals surface area contributed by atoms with Gasteiger partial charge in [-0.05, 0) is 44.4 Å². The van der Waals surface area contributed by atoms with Crippen LogP contribution in [0.25, 0.3) is 10.2 Å². The first-order chi connectivity index (χ1) is 15.5. The molecule has 2 aliphatic rings. The Hall–Kier alpha value is -2.45. The number of hydrogen-bond donors (Lipinski definition) is 0.